The Morgan fingerprint density at radius 1 is 0.970 bits per heavy atom. The van der Waals surface area contributed by atoms with Crippen LogP contribution in [0.1, 0.15) is 57.5 Å². The summed E-state index contributed by atoms with van der Waals surface area (Å²) in [6.07, 6.45) is -0.447. The summed E-state index contributed by atoms with van der Waals surface area (Å²) in [5.41, 5.74) is 2.41. The molecule has 5 atom stereocenters. The molecule has 3 aliphatic heterocycles. The highest BCUT2D eigenvalue weighted by molar-refractivity contribution is 5.91. The van der Waals surface area contributed by atoms with Crippen LogP contribution in [0.2, 0.25) is 0 Å². The van der Waals surface area contributed by atoms with Gasteiger partial charge in [0.25, 0.3) is 0 Å². The van der Waals surface area contributed by atoms with E-state index in [2.05, 4.69) is 0 Å². The average molecular weight is 463 g/mol. The van der Waals surface area contributed by atoms with Crippen molar-refractivity contribution in [2.45, 2.75) is 90.4 Å². The van der Waals surface area contributed by atoms with Crippen LogP contribution in [-0.4, -0.2) is 61.5 Å². The molecule has 4 rings (SSSR count). The first kappa shape index (κ1) is 24.3. The lowest BCUT2D eigenvalue weighted by molar-refractivity contribution is -0.240. The van der Waals surface area contributed by atoms with E-state index in [0.29, 0.717) is 18.8 Å². The minimum atomic E-state index is -0.804. The molecule has 182 valence electrons. The third-order valence-electron chi connectivity index (χ3n) is 5.73. The molecule has 0 saturated carbocycles. The van der Waals surface area contributed by atoms with Crippen LogP contribution in [0.3, 0.4) is 0 Å². The SMILES string of the molecule is CC(C)=CCOCc1ccccc1C(=O)OC[C@H]1O[C@@H]2OC(C)(C)O[C@@H]2[C@H]2OC(C)(C)O[C@H]21. The summed E-state index contributed by atoms with van der Waals surface area (Å²) < 4.78 is 41.6. The molecule has 3 saturated heterocycles. The molecule has 0 radical (unpaired) electrons. The lowest BCUT2D eigenvalue weighted by Gasteiger charge is -2.36. The first-order chi connectivity index (χ1) is 15.5. The van der Waals surface area contributed by atoms with E-state index in [1.165, 1.54) is 5.57 Å². The Hall–Kier alpha value is -1.81. The normalized spacial score (nSPS) is 31.5. The van der Waals surface area contributed by atoms with Crippen molar-refractivity contribution >= 4 is 5.97 Å². The number of allylic oxidation sites excluding steroid dienone is 1. The topological polar surface area (TPSA) is 81.7 Å². The summed E-state index contributed by atoms with van der Waals surface area (Å²) in [4.78, 5) is 12.9. The van der Waals surface area contributed by atoms with Crippen molar-refractivity contribution in [3.63, 3.8) is 0 Å². The molecule has 0 unspecified atom stereocenters. The van der Waals surface area contributed by atoms with E-state index in [1.807, 2.05) is 59.8 Å². The molecule has 0 N–H and O–H groups in total. The number of rotatable bonds is 7. The monoisotopic (exact) mass is 462 g/mol. The number of fused-ring (bicyclic) bond motifs is 3. The largest absolute Gasteiger partial charge is 0.459 e. The van der Waals surface area contributed by atoms with E-state index < -0.39 is 42.1 Å². The Morgan fingerprint density at radius 2 is 1.64 bits per heavy atom. The predicted octanol–water partition coefficient (Wildman–Crippen LogP) is 3.72. The highest BCUT2D eigenvalue weighted by Crippen LogP contribution is 2.44. The van der Waals surface area contributed by atoms with Gasteiger partial charge in [0.15, 0.2) is 17.9 Å². The maximum Gasteiger partial charge on any atom is 0.338 e. The van der Waals surface area contributed by atoms with Crippen LogP contribution < -0.4 is 0 Å². The Labute approximate surface area is 195 Å². The summed E-state index contributed by atoms with van der Waals surface area (Å²) in [5, 5.41) is 0. The summed E-state index contributed by atoms with van der Waals surface area (Å²) in [6, 6.07) is 7.27. The van der Waals surface area contributed by atoms with Crippen molar-refractivity contribution in [2.75, 3.05) is 13.2 Å². The number of hydrogen-bond donors (Lipinski definition) is 0. The van der Waals surface area contributed by atoms with E-state index in [1.54, 1.807) is 12.1 Å². The highest BCUT2D eigenvalue weighted by atomic mass is 16.9. The number of hydrogen-bond acceptors (Lipinski definition) is 8. The molecule has 1 aromatic carbocycles. The van der Waals surface area contributed by atoms with E-state index in [4.69, 9.17) is 33.2 Å². The Balaban J connectivity index is 1.41. The second kappa shape index (κ2) is 9.44. The molecule has 1 aromatic rings. The van der Waals surface area contributed by atoms with Gasteiger partial charge in [0.1, 0.15) is 31.0 Å². The van der Waals surface area contributed by atoms with E-state index >= 15 is 0 Å². The van der Waals surface area contributed by atoms with Gasteiger partial charge in [-0.1, -0.05) is 29.8 Å². The van der Waals surface area contributed by atoms with Gasteiger partial charge in [-0.2, -0.15) is 0 Å². The Kier molecular flexibility index (Phi) is 6.96. The van der Waals surface area contributed by atoms with E-state index in [0.717, 1.165) is 5.56 Å². The van der Waals surface area contributed by atoms with Gasteiger partial charge in [-0.3, -0.25) is 0 Å². The Bertz CT molecular complexity index is 888. The van der Waals surface area contributed by atoms with Crippen LogP contribution in [0.25, 0.3) is 0 Å². The summed E-state index contributed by atoms with van der Waals surface area (Å²) in [6.45, 7) is 12.2. The quantitative estimate of drug-likeness (QED) is 0.345. The standard InChI is InChI=1S/C25H34O8/c1-15(2)11-12-27-13-16-9-7-8-10-17(16)22(26)28-14-18-19-20(31-24(3,4)30-19)21-23(29-18)33-25(5,6)32-21/h7-11,18-21,23H,12-14H2,1-6H3/t18-,19+,20+,21-,23-/m1/s1. The molecule has 0 aromatic heterocycles. The van der Waals surface area contributed by atoms with Gasteiger partial charge in [-0.15, -0.1) is 0 Å². The fourth-order valence-electron chi connectivity index (χ4n) is 4.30. The number of carbonyl (C=O) groups is 1. The van der Waals surface area contributed by atoms with Gasteiger partial charge in [0, 0.05) is 0 Å². The van der Waals surface area contributed by atoms with E-state index in [9.17, 15) is 4.79 Å². The molecular weight excluding hydrogens is 428 g/mol. The van der Waals surface area contributed by atoms with Crippen LogP contribution in [0.5, 0.6) is 0 Å². The van der Waals surface area contributed by atoms with Crippen molar-refractivity contribution in [3.05, 3.63) is 47.0 Å². The predicted molar refractivity (Wildman–Crippen MR) is 118 cm³/mol. The first-order valence-corrected chi connectivity index (χ1v) is 11.4. The average Bonchev–Trinajstić information content (AvgIpc) is 3.23. The van der Waals surface area contributed by atoms with E-state index in [-0.39, 0.29) is 12.7 Å². The molecule has 33 heavy (non-hydrogen) atoms. The summed E-state index contributed by atoms with van der Waals surface area (Å²) in [5.74, 6) is -2.05. The lowest BCUT2D eigenvalue weighted by Crippen LogP contribution is -2.56. The molecule has 0 amide bonds. The number of benzene rings is 1. The number of ether oxygens (including phenoxy) is 7. The second-order valence-corrected chi connectivity index (χ2v) is 9.76. The third kappa shape index (κ3) is 5.65. The smallest absolute Gasteiger partial charge is 0.338 e. The first-order valence-electron chi connectivity index (χ1n) is 11.4. The second-order valence-electron chi connectivity index (χ2n) is 9.76. The molecule has 8 heteroatoms. The third-order valence-corrected chi connectivity index (χ3v) is 5.73. The molecule has 0 aliphatic carbocycles. The van der Waals surface area contributed by atoms with Gasteiger partial charge in [-0.25, -0.2) is 4.79 Å². The fraction of sp³-hybridized carbons (Fsp3) is 0.640. The lowest BCUT2D eigenvalue weighted by atomic mass is 9.99. The maximum atomic E-state index is 12.9. The minimum absolute atomic E-state index is 0.000588. The Morgan fingerprint density at radius 3 is 2.39 bits per heavy atom. The van der Waals surface area contributed by atoms with Crippen LogP contribution >= 0.6 is 0 Å². The molecule has 0 spiro atoms. The van der Waals surface area contributed by atoms with Crippen molar-refractivity contribution in [1.82, 2.24) is 0 Å². The molecule has 3 heterocycles. The zero-order chi connectivity index (χ0) is 23.8. The molecule has 3 aliphatic rings. The molecular formula is C25H34O8. The van der Waals surface area contributed by atoms with Gasteiger partial charge in [0.05, 0.1) is 18.8 Å². The molecule has 8 nitrogen and oxygen atoms in total. The van der Waals surface area contributed by atoms with Gasteiger partial charge in [0.2, 0.25) is 0 Å². The van der Waals surface area contributed by atoms with Crippen molar-refractivity contribution in [3.8, 4) is 0 Å². The summed E-state index contributed by atoms with van der Waals surface area (Å²) >= 11 is 0. The summed E-state index contributed by atoms with van der Waals surface area (Å²) in [7, 11) is 0. The van der Waals surface area contributed by atoms with Crippen molar-refractivity contribution < 1.29 is 38.0 Å². The highest BCUT2D eigenvalue weighted by Gasteiger charge is 2.60. The number of esters is 1. The van der Waals surface area contributed by atoms with Crippen molar-refractivity contribution in [2.24, 2.45) is 0 Å². The van der Waals surface area contributed by atoms with Gasteiger partial charge in [-0.05, 0) is 53.2 Å². The van der Waals surface area contributed by atoms with Gasteiger partial charge < -0.3 is 33.2 Å². The van der Waals surface area contributed by atoms with Crippen LogP contribution in [0.15, 0.2) is 35.9 Å². The maximum absolute atomic E-state index is 12.9. The van der Waals surface area contributed by atoms with Crippen LogP contribution in [-0.2, 0) is 39.8 Å². The number of carbonyl (C=O) groups excluding carboxylic acids is 1. The zero-order valence-electron chi connectivity index (χ0n) is 20.2. The molecule has 3 fully saturated rings. The minimum Gasteiger partial charge on any atom is -0.459 e. The van der Waals surface area contributed by atoms with Crippen molar-refractivity contribution in [1.29, 1.82) is 0 Å². The fourth-order valence-corrected chi connectivity index (χ4v) is 4.30. The van der Waals surface area contributed by atoms with Crippen LogP contribution in [0.4, 0.5) is 0 Å². The van der Waals surface area contributed by atoms with Gasteiger partial charge >= 0.3 is 5.97 Å². The molecule has 0 bridgehead atoms. The zero-order valence-corrected chi connectivity index (χ0v) is 20.2. The van der Waals surface area contributed by atoms with Crippen LogP contribution in [0, 0.1) is 0 Å².